The zero-order valence-corrected chi connectivity index (χ0v) is 18.2. The van der Waals surface area contributed by atoms with E-state index < -0.39 is 17.6 Å². The molecule has 3 heterocycles. The van der Waals surface area contributed by atoms with Crippen molar-refractivity contribution >= 4 is 47.0 Å². The van der Waals surface area contributed by atoms with Crippen LogP contribution >= 0.6 is 11.6 Å². The number of anilines is 2. The van der Waals surface area contributed by atoms with Crippen molar-refractivity contribution in [1.29, 1.82) is 0 Å². The van der Waals surface area contributed by atoms with E-state index in [0.717, 1.165) is 18.9 Å². The first-order valence-corrected chi connectivity index (χ1v) is 10.7. The number of rotatable bonds is 6. The van der Waals surface area contributed by atoms with Gasteiger partial charge in [-0.1, -0.05) is 17.7 Å². The van der Waals surface area contributed by atoms with Crippen molar-refractivity contribution in [1.82, 2.24) is 24.9 Å². The van der Waals surface area contributed by atoms with E-state index in [0.29, 0.717) is 22.7 Å². The molecule has 2 fully saturated rings. The molecule has 1 aliphatic carbocycles. The first-order chi connectivity index (χ1) is 16.2. The number of hydrogen-bond donors (Lipinski definition) is 3. The van der Waals surface area contributed by atoms with Gasteiger partial charge in [-0.05, 0) is 36.6 Å². The molecule has 1 aromatic carbocycles. The first-order valence-electron chi connectivity index (χ1n) is 10.3. The third kappa shape index (κ3) is 4.53. The second-order valence-electron chi connectivity index (χ2n) is 8.01. The minimum Gasteiger partial charge on any atom is -0.351 e. The van der Waals surface area contributed by atoms with Gasteiger partial charge < -0.3 is 10.6 Å². The number of aromatic nitrogens is 4. The van der Waals surface area contributed by atoms with Gasteiger partial charge in [0.25, 0.3) is 5.91 Å². The van der Waals surface area contributed by atoms with E-state index in [1.807, 2.05) is 0 Å². The summed E-state index contributed by atoms with van der Waals surface area (Å²) in [7, 11) is 0. The standard InChI is InChI=1S/C21H17ClF3N7O2/c22-15-4-1-10(5-14(15)21(23,24)25)8-26-19-30-17-12(6-11-7-16(33)29-18(11)34)9-27-32(17)20(31-19)28-13-2-3-13/h1,4-6,9,13H,2-3,7-8H2,(H,29,33,34)(H2,26,28,30,31)/b11-6+. The lowest BCUT2D eigenvalue weighted by Gasteiger charge is -2.12. The van der Waals surface area contributed by atoms with E-state index in [1.54, 1.807) is 0 Å². The minimum atomic E-state index is -4.57. The monoisotopic (exact) mass is 491 g/mol. The van der Waals surface area contributed by atoms with Gasteiger partial charge in [0.15, 0.2) is 5.65 Å². The molecule has 176 valence electrons. The lowest BCUT2D eigenvalue weighted by molar-refractivity contribution is -0.137. The van der Waals surface area contributed by atoms with E-state index in [2.05, 4.69) is 31.0 Å². The zero-order chi connectivity index (χ0) is 24.0. The Labute approximate surface area is 195 Å². The van der Waals surface area contributed by atoms with Crippen molar-refractivity contribution in [3.05, 3.63) is 51.7 Å². The third-order valence-corrected chi connectivity index (χ3v) is 5.65. The predicted octanol–water partition coefficient (Wildman–Crippen LogP) is 3.41. The summed E-state index contributed by atoms with van der Waals surface area (Å²) in [5, 5.41) is 12.3. The first kappa shape index (κ1) is 22.1. The molecule has 3 N–H and O–H groups in total. The molecule has 13 heteroatoms. The molecule has 9 nitrogen and oxygen atoms in total. The van der Waals surface area contributed by atoms with Gasteiger partial charge in [0.1, 0.15) is 0 Å². The molecule has 34 heavy (non-hydrogen) atoms. The van der Waals surface area contributed by atoms with Crippen LogP contribution in [0, 0.1) is 0 Å². The Kier molecular flexibility index (Phi) is 5.39. The number of halogens is 4. The van der Waals surface area contributed by atoms with Crippen LogP contribution in [0.1, 0.15) is 36.0 Å². The van der Waals surface area contributed by atoms with E-state index >= 15 is 0 Å². The smallest absolute Gasteiger partial charge is 0.351 e. The quantitative estimate of drug-likeness (QED) is 0.358. The summed E-state index contributed by atoms with van der Waals surface area (Å²) in [5.41, 5.74) is 0.567. The normalized spacial score (nSPS) is 17.5. The molecule has 0 atom stereocenters. The van der Waals surface area contributed by atoms with Crippen molar-refractivity contribution in [2.45, 2.75) is 38.0 Å². The minimum absolute atomic E-state index is 0.0146. The van der Waals surface area contributed by atoms with E-state index in [-0.39, 0.29) is 41.5 Å². The summed E-state index contributed by atoms with van der Waals surface area (Å²) in [6.45, 7) is 0.0146. The van der Waals surface area contributed by atoms with Crippen LogP contribution < -0.4 is 16.0 Å². The second kappa shape index (κ2) is 8.28. The number of imide groups is 1. The highest BCUT2D eigenvalue weighted by molar-refractivity contribution is 6.31. The molecule has 2 aliphatic rings. The van der Waals surface area contributed by atoms with Crippen molar-refractivity contribution in [2.24, 2.45) is 0 Å². The summed E-state index contributed by atoms with van der Waals surface area (Å²) < 4.78 is 41.0. The highest BCUT2D eigenvalue weighted by Crippen LogP contribution is 2.35. The average molecular weight is 492 g/mol. The van der Waals surface area contributed by atoms with Gasteiger partial charge in [0.05, 0.1) is 23.2 Å². The molecule has 0 bridgehead atoms. The average Bonchev–Trinajstić information content (AvgIpc) is 3.40. The van der Waals surface area contributed by atoms with Gasteiger partial charge in [-0.3, -0.25) is 14.9 Å². The van der Waals surface area contributed by atoms with Crippen LogP contribution in [0.2, 0.25) is 5.02 Å². The maximum Gasteiger partial charge on any atom is 0.417 e. The molecule has 5 rings (SSSR count). The summed E-state index contributed by atoms with van der Waals surface area (Å²) in [5.74, 6) is -0.303. The fourth-order valence-corrected chi connectivity index (χ4v) is 3.69. The van der Waals surface area contributed by atoms with E-state index in [9.17, 15) is 22.8 Å². The Morgan fingerprint density at radius 2 is 2.03 bits per heavy atom. The largest absolute Gasteiger partial charge is 0.417 e. The molecule has 0 spiro atoms. The molecule has 2 aromatic heterocycles. The maximum absolute atomic E-state index is 13.2. The molecule has 1 aliphatic heterocycles. The Bertz CT molecular complexity index is 1350. The van der Waals surface area contributed by atoms with Crippen molar-refractivity contribution in [3.8, 4) is 0 Å². The Morgan fingerprint density at radius 3 is 2.71 bits per heavy atom. The summed E-state index contributed by atoms with van der Waals surface area (Å²) >= 11 is 5.69. The zero-order valence-electron chi connectivity index (χ0n) is 17.4. The number of amides is 2. The Morgan fingerprint density at radius 1 is 1.24 bits per heavy atom. The van der Waals surface area contributed by atoms with E-state index in [4.69, 9.17) is 11.6 Å². The fourth-order valence-electron chi connectivity index (χ4n) is 3.47. The summed E-state index contributed by atoms with van der Waals surface area (Å²) in [4.78, 5) is 32.3. The van der Waals surface area contributed by atoms with Crippen LogP contribution in [-0.2, 0) is 22.3 Å². The van der Waals surface area contributed by atoms with Gasteiger partial charge in [-0.25, -0.2) is 0 Å². The van der Waals surface area contributed by atoms with Crippen molar-refractivity contribution in [3.63, 3.8) is 0 Å². The van der Waals surface area contributed by atoms with Crippen LogP contribution in [0.4, 0.5) is 25.1 Å². The Balaban J connectivity index is 1.47. The number of fused-ring (bicyclic) bond motifs is 1. The number of nitrogens with one attached hydrogen (secondary N) is 3. The molecule has 1 saturated carbocycles. The van der Waals surface area contributed by atoms with Crippen molar-refractivity contribution in [2.75, 3.05) is 10.6 Å². The lowest BCUT2D eigenvalue weighted by Crippen LogP contribution is -2.19. The number of benzene rings is 1. The molecule has 1 saturated heterocycles. The molecule has 3 aromatic rings. The van der Waals surface area contributed by atoms with Crippen LogP contribution in [-0.4, -0.2) is 37.4 Å². The highest BCUT2D eigenvalue weighted by atomic mass is 35.5. The fraction of sp³-hybridized carbons (Fsp3) is 0.286. The van der Waals surface area contributed by atoms with Crippen LogP contribution in [0.15, 0.2) is 30.0 Å². The van der Waals surface area contributed by atoms with Gasteiger partial charge >= 0.3 is 6.18 Å². The molecular formula is C21H17ClF3N7O2. The number of carbonyl (C=O) groups excluding carboxylic acids is 2. The van der Waals surface area contributed by atoms with Gasteiger partial charge in [-0.15, -0.1) is 0 Å². The molecule has 0 radical (unpaired) electrons. The topological polar surface area (TPSA) is 113 Å². The Hall–Kier alpha value is -3.67. The van der Waals surface area contributed by atoms with Gasteiger partial charge in [0, 0.05) is 23.7 Å². The highest BCUT2D eigenvalue weighted by Gasteiger charge is 2.33. The summed E-state index contributed by atoms with van der Waals surface area (Å²) in [6.07, 6.45) is 0.369. The number of alkyl halides is 3. The van der Waals surface area contributed by atoms with Crippen molar-refractivity contribution < 1.29 is 22.8 Å². The SMILES string of the molecule is O=C1C/C(=C\c2cnn3c(NC4CC4)nc(NCc4ccc(Cl)c(C(F)(F)F)c4)nc23)C(=O)N1. The number of carbonyl (C=O) groups is 2. The van der Waals surface area contributed by atoms with Crippen LogP contribution in [0.25, 0.3) is 11.7 Å². The molecule has 2 amide bonds. The molecular weight excluding hydrogens is 475 g/mol. The van der Waals surface area contributed by atoms with Gasteiger partial charge in [0.2, 0.25) is 17.8 Å². The maximum atomic E-state index is 13.2. The number of hydrogen-bond acceptors (Lipinski definition) is 7. The lowest BCUT2D eigenvalue weighted by atomic mass is 10.1. The molecule has 0 unspecified atom stereocenters. The van der Waals surface area contributed by atoms with E-state index in [1.165, 1.54) is 28.9 Å². The third-order valence-electron chi connectivity index (χ3n) is 5.32. The second-order valence-corrected chi connectivity index (χ2v) is 8.42. The number of nitrogens with zero attached hydrogens (tertiary/aromatic N) is 4. The van der Waals surface area contributed by atoms with Crippen LogP contribution in [0.5, 0.6) is 0 Å². The van der Waals surface area contributed by atoms with Crippen LogP contribution in [0.3, 0.4) is 0 Å². The van der Waals surface area contributed by atoms with Gasteiger partial charge in [-0.2, -0.15) is 32.8 Å². The summed E-state index contributed by atoms with van der Waals surface area (Å²) in [6, 6.07) is 3.89. The predicted molar refractivity (Wildman–Crippen MR) is 117 cm³/mol.